The lowest BCUT2D eigenvalue weighted by Gasteiger charge is -2.46. The van der Waals surface area contributed by atoms with Crippen LogP contribution in [0.15, 0.2) is 96.4 Å². The molecule has 0 aromatic heterocycles. The highest BCUT2D eigenvalue weighted by atomic mass is 32.2. The van der Waals surface area contributed by atoms with Crippen LogP contribution in [0, 0.1) is 12.7 Å². The second kappa shape index (κ2) is 8.90. The van der Waals surface area contributed by atoms with E-state index in [0.717, 1.165) is 16.3 Å². The fourth-order valence-electron chi connectivity index (χ4n) is 4.02. The van der Waals surface area contributed by atoms with Crippen molar-refractivity contribution >= 4 is 23.3 Å². The molecule has 0 fully saturated rings. The van der Waals surface area contributed by atoms with Gasteiger partial charge in [0.1, 0.15) is 13.9 Å². The third kappa shape index (κ3) is 4.56. The predicted octanol–water partition coefficient (Wildman–Crippen LogP) is 5.04. The molecule has 0 saturated carbocycles. The minimum Gasteiger partial charge on any atom is -0.207 e. The van der Waals surface area contributed by atoms with Crippen molar-refractivity contribution in [1.82, 2.24) is 4.72 Å². The molecule has 0 heterocycles. The van der Waals surface area contributed by atoms with Crippen LogP contribution < -0.4 is 9.91 Å². The first-order valence-corrected chi connectivity index (χ1v) is 14.6. The number of aryl methyl sites for hydroxylation is 1. The maximum Gasteiger partial charge on any atom is 0.241 e. The number of hydrogen-bond acceptors (Lipinski definition) is 2. The molecular weight excluding hydrogens is 425 g/mol. The number of hydrogen-bond donors (Lipinski definition) is 1. The van der Waals surface area contributed by atoms with Gasteiger partial charge in [-0.3, -0.25) is 0 Å². The lowest BCUT2D eigenvalue weighted by Crippen LogP contribution is -2.67. The van der Waals surface area contributed by atoms with Gasteiger partial charge < -0.3 is 0 Å². The molecule has 1 unspecified atom stereocenters. The first-order chi connectivity index (χ1) is 14.6. The molecule has 0 spiro atoms. The van der Waals surface area contributed by atoms with Gasteiger partial charge in [-0.2, -0.15) is 0 Å². The fourth-order valence-corrected chi connectivity index (χ4v) is 9.78. The fraction of sp³-hybridized carbons (Fsp3) is 0.200. The van der Waals surface area contributed by atoms with Crippen LogP contribution in [-0.2, 0) is 15.2 Å². The van der Waals surface area contributed by atoms with E-state index in [-0.39, 0.29) is 10.7 Å². The zero-order valence-electron chi connectivity index (χ0n) is 18.1. The molecule has 162 valence electrons. The number of benzene rings is 3. The van der Waals surface area contributed by atoms with E-state index in [1.165, 1.54) is 12.1 Å². The van der Waals surface area contributed by atoms with Crippen LogP contribution in [0.1, 0.15) is 17.5 Å². The second-order valence-electron chi connectivity index (χ2n) is 8.31. The third-order valence-corrected chi connectivity index (χ3v) is 12.2. The Labute approximate surface area is 185 Å². The van der Waals surface area contributed by atoms with E-state index >= 15 is 0 Å². The van der Waals surface area contributed by atoms with Crippen LogP contribution in [0.4, 0.5) is 4.39 Å². The standard InChI is InChI=1S/C25H28FNO2SSi/c1-5-19-25(21-13-15-22(26)16-14-21,31(3,4)24-9-7-6-8-10-24)27-30(28,29)23-17-11-20(2)12-18-23/h5-18,27H,1,19H2,2-4H3. The maximum absolute atomic E-state index is 13.8. The molecule has 6 heteroatoms. The Morgan fingerprint density at radius 3 is 2.10 bits per heavy atom. The average Bonchev–Trinajstić information content (AvgIpc) is 2.74. The molecule has 0 amide bonds. The lowest BCUT2D eigenvalue weighted by atomic mass is 10.0. The largest absolute Gasteiger partial charge is 0.241 e. The summed E-state index contributed by atoms with van der Waals surface area (Å²) in [4.78, 5) is 0.200. The van der Waals surface area contributed by atoms with Crippen LogP contribution in [0.5, 0.6) is 0 Å². The number of nitrogens with one attached hydrogen (secondary N) is 1. The van der Waals surface area contributed by atoms with Crippen molar-refractivity contribution < 1.29 is 12.8 Å². The van der Waals surface area contributed by atoms with Gasteiger partial charge >= 0.3 is 0 Å². The summed E-state index contributed by atoms with van der Waals surface area (Å²) in [7, 11) is -6.44. The Hall–Kier alpha value is -2.54. The van der Waals surface area contributed by atoms with Crippen molar-refractivity contribution in [3.63, 3.8) is 0 Å². The monoisotopic (exact) mass is 453 g/mol. The van der Waals surface area contributed by atoms with Crippen molar-refractivity contribution in [2.45, 2.75) is 36.5 Å². The Morgan fingerprint density at radius 2 is 1.55 bits per heavy atom. The first kappa shape index (κ1) is 23.1. The molecule has 0 aliphatic carbocycles. The van der Waals surface area contributed by atoms with Crippen LogP contribution in [-0.4, -0.2) is 16.5 Å². The molecule has 1 N–H and O–H groups in total. The molecular formula is C25H28FNO2SSi. The van der Waals surface area contributed by atoms with E-state index < -0.39 is 23.3 Å². The highest BCUT2D eigenvalue weighted by molar-refractivity contribution is 7.89. The van der Waals surface area contributed by atoms with Crippen molar-refractivity contribution in [3.05, 3.63) is 108 Å². The summed E-state index contributed by atoms with van der Waals surface area (Å²) in [6, 6.07) is 22.8. The smallest absolute Gasteiger partial charge is 0.207 e. The van der Waals surface area contributed by atoms with Gasteiger partial charge in [0.15, 0.2) is 0 Å². The lowest BCUT2D eigenvalue weighted by molar-refractivity contribution is 0.513. The van der Waals surface area contributed by atoms with Gasteiger partial charge in [-0.15, -0.1) is 6.58 Å². The summed E-state index contributed by atoms with van der Waals surface area (Å²) in [5.41, 5.74) is 1.71. The molecule has 3 aromatic rings. The summed E-state index contributed by atoms with van der Waals surface area (Å²) >= 11 is 0. The Kier molecular flexibility index (Phi) is 6.64. The highest BCUT2D eigenvalue weighted by Crippen LogP contribution is 2.37. The van der Waals surface area contributed by atoms with E-state index in [4.69, 9.17) is 0 Å². The molecule has 3 aromatic carbocycles. The minimum absolute atomic E-state index is 0.200. The highest BCUT2D eigenvalue weighted by Gasteiger charge is 2.50. The molecule has 0 aliphatic rings. The summed E-state index contributed by atoms with van der Waals surface area (Å²) in [5, 5.41) is 0.126. The average molecular weight is 454 g/mol. The normalized spacial score (nSPS) is 14.1. The van der Waals surface area contributed by atoms with Crippen molar-refractivity contribution in [3.8, 4) is 0 Å². The summed E-state index contributed by atoms with van der Waals surface area (Å²) in [5.74, 6) is -0.364. The van der Waals surface area contributed by atoms with E-state index in [1.54, 1.807) is 42.5 Å². The van der Waals surface area contributed by atoms with E-state index in [2.05, 4.69) is 24.4 Å². The van der Waals surface area contributed by atoms with Crippen molar-refractivity contribution in [2.75, 3.05) is 0 Å². The molecule has 0 saturated heterocycles. The molecule has 0 aliphatic heterocycles. The topological polar surface area (TPSA) is 46.2 Å². The van der Waals surface area contributed by atoms with Crippen molar-refractivity contribution in [1.29, 1.82) is 0 Å². The van der Waals surface area contributed by atoms with E-state index in [1.807, 2.05) is 37.3 Å². The van der Waals surface area contributed by atoms with E-state index in [0.29, 0.717) is 6.42 Å². The molecule has 1 atom stereocenters. The zero-order chi connectivity index (χ0) is 22.7. The van der Waals surface area contributed by atoms with Crippen LogP contribution in [0.25, 0.3) is 0 Å². The Balaban J connectivity index is 2.25. The molecule has 3 rings (SSSR count). The molecule has 3 nitrogen and oxygen atoms in total. The van der Waals surface area contributed by atoms with Gasteiger partial charge in [-0.05, 0) is 43.2 Å². The SMILES string of the molecule is C=CCC(NS(=O)(=O)c1ccc(C)cc1)(c1ccc(F)cc1)[Si](C)(C)c1ccccc1. The Bertz CT molecular complexity index is 1140. The second-order valence-corrected chi connectivity index (χ2v) is 14.7. The van der Waals surface area contributed by atoms with Gasteiger partial charge in [0.2, 0.25) is 10.0 Å². The summed E-state index contributed by atoms with van der Waals surface area (Å²) < 4.78 is 43.9. The third-order valence-electron chi connectivity index (χ3n) is 5.99. The predicted molar refractivity (Wildman–Crippen MR) is 128 cm³/mol. The maximum atomic E-state index is 13.8. The van der Waals surface area contributed by atoms with Crippen molar-refractivity contribution in [2.24, 2.45) is 0 Å². The number of rotatable bonds is 8. The number of sulfonamides is 1. The van der Waals surface area contributed by atoms with E-state index in [9.17, 15) is 12.8 Å². The molecule has 0 radical (unpaired) electrons. The summed E-state index contributed by atoms with van der Waals surface area (Å²) in [6.45, 7) is 10.1. The van der Waals surface area contributed by atoms with Crippen LogP contribution in [0.2, 0.25) is 13.1 Å². The number of halogens is 1. The minimum atomic E-state index is -3.86. The van der Waals surface area contributed by atoms with Gasteiger partial charge in [0, 0.05) is 0 Å². The van der Waals surface area contributed by atoms with Gasteiger partial charge in [-0.25, -0.2) is 17.5 Å². The zero-order valence-corrected chi connectivity index (χ0v) is 19.9. The first-order valence-electron chi connectivity index (χ1n) is 10.2. The Morgan fingerprint density at radius 1 is 0.968 bits per heavy atom. The van der Waals surface area contributed by atoms with Crippen LogP contribution >= 0.6 is 0 Å². The van der Waals surface area contributed by atoms with Crippen LogP contribution in [0.3, 0.4) is 0 Å². The van der Waals surface area contributed by atoms with Gasteiger partial charge in [-0.1, -0.05) is 84.5 Å². The molecule has 31 heavy (non-hydrogen) atoms. The molecule has 0 bridgehead atoms. The summed E-state index contributed by atoms with van der Waals surface area (Å²) in [6.07, 6.45) is 2.11. The quantitative estimate of drug-likeness (QED) is 0.384. The van der Waals surface area contributed by atoms with Gasteiger partial charge in [0.05, 0.1) is 10.1 Å². The van der Waals surface area contributed by atoms with Gasteiger partial charge in [0.25, 0.3) is 0 Å².